The number of ether oxygens (including phenoxy) is 1. The van der Waals surface area contributed by atoms with E-state index in [1.165, 1.54) is 29.2 Å². The number of likely N-dealkylation sites (N-methyl/N-ethyl adjacent to an activating group) is 1. The highest BCUT2D eigenvalue weighted by atomic mass is 35.5. The van der Waals surface area contributed by atoms with Crippen LogP contribution in [0.3, 0.4) is 0 Å². The molecule has 5 rings (SSSR count). The summed E-state index contributed by atoms with van der Waals surface area (Å²) in [5, 5.41) is 3.95. The van der Waals surface area contributed by atoms with Gasteiger partial charge in [0.05, 0.1) is 0 Å². The zero-order valence-electron chi connectivity index (χ0n) is 22.6. The standard InChI is InChI=1S/C30H35ClFN3O4/c1-19-4-5-21(16-25(19)31)24-17-33-18-30(24,34(3)28(38)39-23-8-6-22(32)7-9-23)26(36)20-10-14-35(15-11-20)27(37)29(2)12-13-29/h4-9,16,20,24,33H,10-15,17-18H2,1-3H3/t24-,30+/m1/s1. The van der Waals surface area contributed by atoms with Crippen LogP contribution in [0.15, 0.2) is 42.5 Å². The van der Waals surface area contributed by atoms with E-state index in [4.69, 9.17) is 16.3 Å². The van der Waals surface area contributed by atoms with Crippen LogP contribution in [0.4, 0.5) is 9.18 Å². The minimum atomic E-state index is -1.23. The molecule has 2 aromatic rings. The number of nitrogens with zero attached hydrogens (tertiary/aromatic N) is 2. The van der Waals surface area contributed by atoms with Crippen LogP contribution in [0.1, 0.15) is 49.7 Å². The first kappa shape index (κ1) is 27.6. The number of Topliss-reactive ketones (excluding diaryl/α,β-unsaturated/α-hetero) is 1. The van der Waals surface area contributed by atoms with Crippen LogP contribution in [0.25, 0.3) is 0 Å². The fourth-order valence-electron chi connectivity index (χ4n) is 6.01. The molecule has 0 unspecified atom stereocenters. The summed E-state index contributed by atoms with van der Waals surface area (Å²) in [6.45, 7) is 5.72. The summed E-state index contributed by atoms with van der Waals surface area (Å²) < 4.78 is 19.0. The van der Waals surface area contributed by atoms with Gasteiger partial charge in [-0.05, 0) is 74.1 Å². The van der Waals surface area contributed by atoms with Crippen molar-refractivity contribution in [3.8, 4) is 5.75 Å². The number of likely N-dealkylation sites (tertiary alicyclic amines) is 1. The Labute approximate surface area is 233 Å². The van der Waals surface area contributed by atoms with E-state index >= 15 is 0 Å². The van der Waals surface area contributed by atoms with Crippen LogP contribution in [0.2, 0.25) is 5.02 Å². The van der Waals surface area contributed by atoms with Gasteiger partial charge in [0.2, 0.25) is 5.91 Å². The minimum Gasteiger partial charge on any atom is -0.410 e. The highest BCUT2D eigenvalue weighted by Crippen LogP contribution is 2.47. The number of benzene rings is 2. The first-order valence-electron chi connectivity index (χ1n) is 13.6. The zero-order chi connectivity index (χ0) is 27.9. The van der Waals surface area contributed by atoms with E-state index in [-0.39, 0.29) is 41.2 Å². The predicted molar refractivity (Wildman–Crippen MR) is 146 cm³/mol. The minimum absolute atomic E-state index is 0.0440. The van der Waals surface area contributed by atoms with Crippen molar-refractivity contribution >= 4 is 29.4 Å². The van der Waals surface area contributed by atoms with Gasteiger partial charge in [0.25, 0.3) is 0 Å². The Bertz CT molecular complexity index is 1270. The number of carbonyl (C=O) groups is 3. The van der Waals surface area contributed by atoms with Gasteiger partial charge in [0, 0.05) is 55.5 Å². The van der Waals surface area contributed by atoms with Crippen molar-refractivity contribution in [3.05, 3.63) is 64.4 Å². The van der Waals surface area contributed by atoms with Crippen molar-refractivity contribution in [1.29, 1.82) is 0 Å². The number of hydrogen-bond acceptors (Lipinski definition) is 5. The maximum Gasteiger partial charge on any atom is 0.415 e. The molecule has 2 saturated heterocycles. The first-order valence-corrected chi connectivity index (χ1v) is 13.9. The van der Waals surface area contributed by atoms with E-state index < -0.39 is 17.4 Å². The molecule has 39 heavy (non-hydrogen) atoms. The number of nitrogens with one attached hydrogen (secondary N) is 1. The van der Waals surface area contributed by atoms with Gasteiger partial charge in [0.1, 0.15) is 17.1 Å². The van der Waals surface area contributed by atoms with Crippen LogP contribution >= 0.6 is 11.6 Å². The molecule has 2 aliphatic heterocycles. The number of rotatable bonds is 6. The number of ketones is 1. The summed E-state index contributed by atoms with van der Waals surface area (Å²) in [4.78, 5) is 44.2. The van der Waals surface area contributed by atoms with Gasteiger partial charge in [-0.15, -0.1) is 0 Å². The van der Waals surface area contributed by atoms with Crippen LogP contribution in [0, 0.1) is 24.1 Å². The fraction of sp³-hybridized carbons (Fsp3) is 0.500. The molecule has 2 heterocycles. The topological polar surface area (TPSA) is 79.0 Å². The van der Waals surface area contributed by atoms with Crippen molar-refractivity contribution in [2.45, 2.75) is 51.0 Å². The second-order valence-electron chi connectivity index (χ2n) is 11.5. The second-order valence-corrected chi connectivity index (χ2v) is 11.9. The summed E-state index contributed by atoms with van der Waals surface area (Å²) in [5.41, 5.74) is 0.316. The van der Waals surface area contributed by atoms with Crippen molar-refractivity contribution in [2.24, 2.45) is 11.3 Å². The summed E-state index contributed by atoms with van der Waals surface area (Å²) >= 11 is 6.48. The largest absolute Gasteiger partial charge is 0.415 e. The lowest BCUT2D eigenvalue weighted by molar-refractivity contribution is -0.142. The van der Waals surface area contributed by atoms with Crippen molar-refractivity contribution in [1.82, 2.24) is 15.1 Å². The molecule has 208 valence electrons. The maximum absolute atomic E-state index is 14.5. The van der Waals surface area contributed by atoms with Crippen LogP contribution < -0.4 is 10.1 Å². The van der Waals surface area contributed by atoms with Crippen molar-refractivity contribution in [2.75, 3.05) is 33.2 Å². The molecule has 0 aromatic heterocycles. The maximum atomic E-state index is 14.5. The van der Waals surface area contributed by atoms with Gasteiger partial charge in [-0.3, -0.25) is 14.5 Å². The summed E-state index contributed by atoms with van der Waals surface area (Å²) in [5.74, 6) is -0.789. The molecule has 0 bridgehead atoms. The van der Waals surface area contributed by atoms with E-state index in [9.17, 15) is 18.8 Å². The number of piperidine rings is 1. The Morgan fingerprint density at radius 1 is 1.10 bits per heavy atom. The molecule has 1 N–H and O–H groups in total. The molecule has 3 fully saturated rings. The predicted octanol–water partition coefficient (Wildman–Crippen LogP) is 4.95. The highest BCUT2D eigenvalue weighted by molar-refractivity contribution is 6.31. The number of amides is 2. The first-order chi connectivity index (χ1) is 18.5. The van der Waals surface area contributed by atoms with E-state index in [1.54, 1.807) is 7.05 Å². The monoisotopic (exact) mass is 555 g/mol. The zero-order valence-corrected chi connectivity index (χ0v) is 23.4. The Kier molecular flexibility index (Phi) is 7.46. The Hall–Kier alpha value is -2.97. The van der Waals surface area contributed by atoms with E-state index in [0.29, 0.717) is 37.5 Å². The van der Waals surface area contributed by atoms with Crippen molar-refractivity contribution < 1.29 is 23.5 Å². The Balaban J connectivity index is 1.43. The lowest BCUT2D eigenvalue weighted by atomic mass is 9.72. The van der Waals surface area contributed by atoms with Gasteiger partial charge >= 0.3 is 6.09 Å². The lowest BCUT2D eigenvalue weighted by Crippen LogP contribution is -2.62. The van der Waals surface area contributed by atoms with Crippen LogP contribution in [-0.2, 0) is 9.59 Å². The number of carbonyl (C=O) groups excluding carboxylic acids is 3. The summed E-state index contributed by atoms with van der Waals surface area (Å²) in [6.07, 6.45) is 2.23. The third-order valence-corrected chi connectivity index (χ3v) is 9.31. The fourth-order valence-corrected chi connectivity index (χ4v) is 6.20. The Morgan fingerprint density at radius 2 is 1.77 bits per heavy atom. The average molecular weight is 556 g/mol. The average Bonchev–Trinajstić information content (AvgIpc) is 3.53. The molecular weight excluding hydrogens is 521 g/mol. The molecule has 1 aliphatic carbocycles. The molecule has 3 aliphatic rings. The summed E-state index contributed by atoms with van der Waals surface area (Å²) in [7, 11) is 1.59. The molecule has 0 spiro atoms. The van der Waals surface area contributed by atoms with E-state index in [0.717, 1.165) is 24.0 Å². The molecule has 7 nitrogen and oxygen atoms in total. The molecule has 0 radical (unpaired) electrons. The molecule has 2 aromatic carbocycles. The van der Waals surface area contributed by atoms with Crippen LogP contribution in [-0.4, -0.2) is 66.3 Å². The molecule has 9 heteroatoms. The van der Waals surface area contributed by atoms with Gasteiger partial charge in [-0.2, -0.15) is 0 Å². The molecule has 1 saturated carbocycles. The quantitative estimate of drug-likeness (QED) is 0.545. The smallest absolute Gasteiger partial charge is 0.410 e. The highest BCUT2D eigenvalue weighted by Gasteiger charge is 2.57. The third kappa shape index (κ3) is 5.16. The van der Waals surface area contributed by atoms with E-state index in [2.05, 4.69) is 5.32 Å². The molecule has 2 atom stereocenters. The second kappa shape index (κ2) is 10.5. The van der Waals surface area contributed by atoms with Gasteiger partial charge in [-0.1, -0.05) is 30.7 Å². The number of halogens is 2. The summed E-state index contributed by atoms with van der Waals surface area (Å²) in [6, 6.07) is 10.9. The number of aryl methyl sites for hydroxylation is 1. The SMILES string of the molecule is Cc1ccc([C@H]2CNC[C@]2(C(=O)C2CCN(C(=O)C3(C)CC3)CC2)N(C)C(=O)Oc2ccc(F)cc2)cc1Cl. The Morgan fingerprint density at radius 3 is 2.38 bits per heavy atom. The van der Waals surface area contributed by atoms with Gasteiger partial charge < -0.3 is 15.0 Å². The van der Waals surface area contributed by atoms with Crippen LogP contribution in [0.5, 0.6) is 5.75 Å². The van der Waals surface area contributed by atoms with E-state index in [1.807, 2.05) is 36.9 Å². The normalized spacial score (nSPS) is 24.3. The van der Waals surface area contributed by atoms with Gasteiger partial charge in [0.15, 0.2) is 5.78 Å². The molecular formula is C30H35ClFN3O4. The van der Waals surface area contributed by atoms with Gasteiger partial charge in [-0.25, -0.2) is 9.18 Å². The van der Waals surface area contributed by atoms with Crippen molar-refractivity contribution in [3.63, 3.8) is 0 Å². The lowest BCUT2D eigenvalue weighted by Gasteiger charge is -2.44. The third-order valence-electron chi connectivity index (χ3n) is 8.90. The molecule has 2 amide bonds. The number of hydrogen-bond donors (Lipinski definition) is 1.